The molecule has 4 rings (SSSR count). The monoisotopic (exact) mass is 430 g/mol. The topological polar surface area (TPSA) is 58.6 Å². The lowest BCUT2D eigenvalue weighted by molar-refractivity contribution is 0.111. The Balaban J connectivity index is 1.22. The summed E-state index contributed by atoms with van der Waals surface area (Å²) in [5, 5.41) is 0. The van der Waals surface area contributed by atoms with Gasteiger partial charge in [0.2, 0.25) is 0 Å². The van der Waals surface area contributed by atoms with Crippen molar-refractivity contribution in [1.82, 2.24) is 19.8 Å². The molecule has 2 aromatic heterocycles. The predicted octanol–water partition coefficient (Wildman–Crippen LogP) is 4.04. The van der Waals surface area contributed by atoms with Crippen LogP contribution in [-0.2, 0) is 12.8 Å². The minimum Gasteiger partial charge on any atom is -0.410 e. The van der Waals surface area contributed by atoms with Crippen molar-refractivity contribution in [3.8, 4) is 5.75 Å². The Morgan fingerprint density at radius 2 is 1.75 bits per heavy atom. The van der Waals surface area contributed by atoms with Crippen LogP contribution in [0.15, 0.2) is 60.8 Å². The zero-order valence-electron chi connectivity index (χ0n) is 18.8. The van der Waals surface area contributed by atoms with Gasteiger partial charge >= 0.3 is 6.09 Å². The van der Waals surface area contributed by atoms with Crippen LogP contribution in [0.3, 0.4) is 0 Å². The third kappa shape index (κ3) is 6.14. The molecule has 6 heteroatoms. The fourth-order valence-corrected chi connectivity index (χ4v) is 3.91. The minimum atomic E-state index is -0.280. The summed E-state index contributed by atoms with van der Waals surface area (Å²) in [5.74, 6) is 0.573. The van der Waals surface area contributed by atoms with E-state index in [1.807, 2.05) is 49.5 Å². The average Bonchev–Trinajstić information content (AvgIpc) is 2.79. The van der Waals surface area contributed by atoms with Gasteiger partial charge in [0.25, 0.3) is 0 Å². The third-order valence-corrected chi connectivity index (χ3v) is 5.75. The predicted molar refractivity (Wildman–Crippen MR) is 125 cm³/mol. The molecule has 3 aromatic rings. The van der Waals surface area contributed by atoms with Crippen molar-refractivity contribution >= 4 is 6.09 Å². The second kappa shape index (κ2) is 10.4. The summed E-state index contributed by atoms with van der Waals surface area (Å²) in [4.78, 5) is 25.7. The van der Waals surface area contributed by atoms with Crippen LogP contribution in [0.2, 0.25) is 0 Å². The molecular weight excluding hydrogens is 400 g/mol. The molecule has 166 valence electrons. The Kier molecular flexibility index (Phi) is 7.12. The van der Waals surface area contributed by atoms with Crippen molar-refractivity contribution in [2.75, 3.05) is 32.7 Å². The van der Waals surface area contributed by atoms with Gasteiger partial charge in [-0.2, -0.15) is 0 Å². The number of ether oxygens (including phenoxy) is 1. The summed E-state index contributed by atoms with van der Waals surface area (Å²) < 4.78 is 5.60. The van der Waals surface area contributed by atoms with E-state index < -0.39 is 0 Å². The van der Waals surface area contributed by atoms with Crippen LogP contribution in [0, 0.1) is 13.8 Å². The van der Waals surface area contributed by atoms with Crippen molar-refractivity contribution in [3.05, 3.63) is 89.0 Å². The summed E-state index contributed by atoms with van der Waals surface area (Å²) in [6, 6.07) is 17.9. The number of nitrogens with zero attached hydrogens (tertiary/aromatic N) is 4. The van der Waals surface area contributed by atoms with Gasteiger partial charge in [0.15, 0.2) is 0 Å². The highest BCUT2D eigenvalue weighted by atomic mass is 16.6. The summed E-state index contributed by atoms with van der Waals surface area (Å²) in [7, 11) is 0. The summed E-state index contributed by atoms with van der Waals surface area (Å²) >= 11 is 0. The molecule has 0 bridgehead atoms. The van der Waals surface area contributed by atoms with E-state index in [0.717, 1.165) is 55.1 Å². The molecule has 1 aliphatic heterocycles. The molecule has 0 atom stereocenters. The minimum absolute atomic E-state index is 0.280. The van der Waals surface area contributed by atoms with Crippen molar-refractivity contribution in [2.45, 2.75) is 26.7 Å². The number of hydrogen-bond donors (Lipinski definition) is 0. The van der Waals surface area contributed by atoms with E-state index in [1.54, 1.807) is 4.90 Å². The first kappa shape index (κ1) is 22.0. The quantitative estimate of drug-likeness (QED) is 0.591. The Morgan fingerprint density at radius 3 is 2.47 bits per heavy atom. The van der Waals surface area contributed by atoms with Gasteiger partial charge in [-0.1, -0.05) is 18.2 Å². The van der Waals surface area contributed by atoms with Gasteiger partial charge in [-0.25, -0.2) is 4.79 Å². The van der Waals surface area contributed by atoms with E-state index in [2.05, 4.69) is 40.0 Å². The average molecular weight is 431 g/mol. The normalized spacial score (nSPS) is 14.4. The maximum absolute atomic E-state index is 12.6. The van der Waals surface area contributed by atoms with Crippen LogP contribution in [0.25, 0.3) is 0 Å². The van der Waals surface area contributed by atoms with E-state index in [4.69, 9.17) is 4.74 Å². The molecule has 0 spiro atoms. The summed E-state index contributed by atoms with van der Waals surface area (Å²) in [5.41, 5.74) is 5.54. The fraction of sp³-hybridized carbons (Fsp3) is 0.346. The first-order chi connectivity index (χ1) is 15.5. The number of rotatable bonds is 6. The second-order valence-corrected chi connectivity index (χ2v) is 8.36. The molecule has 3 heterocycles. The van der Waals surface area contributed by atoms with Gasteiger partial charge in [-0.15, -0.1) is 0 Å². The van der Waals surface area contributed by atoms with Gasteiger partial charge in [0.1, 0.15) is 5.75 Å². The maximum atomic E-state index is 12.6. The zero-order valence-corrected chi connectivity index (χ0v) is 18.8. The molecule has 6 nitrogen and oxygen atoms in total. The number of benzene rings is 1. The smallest absolute Gasteiger partial charge is 0.410 e. The maximum Gasteiger partial charge on any atom is 0.415 e. The zero-order chi connectivity index (χ0) is 22.3. The standard InChI is InChI=1S/C26H30N4O2/c1-20-10-12-27-24(18-20)19-22-6-8-25(9-7-22)32-26(31)30-16-14-29(15-17-30)13-11-23-5-3-4-21(2)28-23/h3-10,12,18H,11,13-17,19H2,1-2H3. The van der Waals surface area contributed by atoms with Gasteiger partial charge in [-0.05, 0) is 61.4 Å². The first-order valence-electron chi connectivity index (χ1n) is 11.2. The number of aromatic nitrogens is 2. The van der Waals surface area contributed by atoms with Crippen molar-refractivity contribution < 1.29 is 9.53 Å². The summed E-state index contributed by atoms with van der Waals surface area (Å²) in [6.45, 7) is 8.09. The molecule has 1 amide bonds. The number of pyridine rings is 2. The Bertz CT molecular complexity index is 1040. The van der Waals surface area contributed by atoms with Crippen molar-refractivity contribution in [1.29, 1.82) is 0 Å². The number of aryl methyl sites for hydroxylation is 2. The molecule has 0 radical (unpaired) electrons. The van der Waals surface area contributed by atoms with Crippen LogP contribution >= 0.6 is 0 Å². The van der Waals surface area contributed by atoms with Crippen molar-refractivity contribution in [2.24, 2.45) is 0 Å². The van der Waals surface area contributed by atoms with E-state index in [0.29, 0.717) is 18.8 Å². The lowest BCUT2D eigenvalue weighted by atomic mass is 10.1. The van der Waals surface area contributed by atoms with Crippen LogP contribution in [-0.4, -0.2) is 58.6 Å². The number of carbonyl (C=O) groups is 1. The van der Waals surface area contributed by atoms with Gasteiger partial charge in [0.05, 0.1) is 0 Å². The highest BCUT2D eigenvalue weighted by Crippen LogP contribution is 2.17. The molecule has 1 aromatic carbocycles. The van der Waals surface area contributed by atoms with Crippen LogP contribution < -0.4 is 4.74 Å². The van der Waals surface area contributed by atoms with Crippen molar-refractivity contribution in [3.63, 3.8) is 0 Å². The molecule has 1 saturated heterocycles. The number of amides is 1. The second-order valence-electron chi connectivity index (χ2n) is 8.36. The largest absolute Gasteiger partial charge is 0.415 e. The van der Waals surface area contributed by atoms with Gasteiger partial charge < -0.3 is 9.64 Å². The lowest BCUT2D eigenvalue weighted by Crippen LogP contribution is -2.49. The molecule has 1 fully saturated rings. The van der Waals surface area contributed by atoms with Gasteiger partial charge in [0, 0.05) is 68.8 Å². The Hall–Kier alpha value is -3.25. The number of piperazine rings is 1. The molecule has 32 heavy (non-hydrogen) atoms. The Labute approximate surface area is 189 Å². The number of hydrogen-bond acceptors (Lipinski definition) is 5. The number of carbonyl (C=O) groups excluding carboxylic acids is 1. The van der Waals surface area contributed by atoms with Gasteiger partial charge in [-0.3, -0.25) is 14.9 Å². The highest BCUT2D eigenvalue weighted by molar-refractivity contribution is 5.70. The molecule has 0 saturated carbocycles. The summed E-state index contributed by atoms with van der Waals surface area (Å²) in [6.07, 6.45) is 3.24. The lowest BCUT2D eigenvalue weighted by Gasteiger charge is -2.33. The van der Waals surface area contributed by atoms with Crippen LogP contribution in [0.4, 0.5) is 4.79 Å². The van der Waals surface area contributed by atoms with Crippen LogP contribution in [0.1, 0.15) is 28.2 Å². The third-order valence-electron chi connectivity index (χ3n) is 5.75. The molecule has 0 unspecified atom stereocenters. The Morgan fingerprint density at radius 1 is 0.969 bits per heavy atom. The van der Waals surface area contributed by atoms with E-state index >= 15 is 0 Å². The highest BCUT2D eigenvalue weighted by Gasteiger charge is 2.22. The SMILES string of the molecule is Cc1ccnc(Cc2ccc(OC(=O)N3CCN(CCc4cccc(C)n4)CC3)cc2)c1. The first-order valence-corrected chi connectivity index (χ1v) is 11.2. The van der Waals surface area contributed by atoms with E-state index in [1.165, 1.54) is 5.56 Å². The van der Waals surface area contributed by atoms with Crippen LogP contribution in [0.5, 0.6) is 5.75 Å². The van der Waals surface area contributed by atoms with E-state index in [-0.39, 0.29) is 6.09 Å². The van der Waals surface area contributed by atoms with E-state index in [9.17, 15) is 4.79 Å². The molecular formula is C26H30N4O2. The molecule has 0 aliphatic carbocycles. The molecule has 1 aliphatic rings. The molecule has 0 N–H and O–H groups in total. The fourth-order valence-electron chi connectivity index (χ4n) is 3.91.